The second-order valence-electron chi connectivity index (χ2n) is 5.71. The number of aryl methyl sites for hydroxylation is 2. The van der Waals surface area contributed by atoms with Crippen LogP contribution in [0.15, 0.2) is 48.5 Å². The zero-order valence-corrected chi connectivity index (χ0v) is 15.3. The molecule has 3 aromatic rings. The van der Waals surface area contributed by atoms with E-state index in [2.05, 4.69) is 36.3 Å². The number of anilines is 2. The minimum atomic E-state index is -0.341. The Kier molecular flexibility index (Phi) is 5.14. The summed E-state index contributed by atoms with van der Waals surface area (Å²) in [6.07, 6.45) is 0. The summed E-state index contributed by atoms with van der Waals surface area (Å²) in [7, 11) is 0. The van der Waals surface area contributed by atoms with Gasteiger partial charge < -0.3 is 10.1 Å². The van der Waals surface area contributed by atoms with Crippen LogP contribution in [0.2, 0.25) is 0 Å². The number of esters is 1. The molecule has 0 radical (unpaired) electrons. The zero-order valence-electron chi connectivity index (χ0n) is 14.5. The first-order valence-corrected chi connectivity index (χ1v) is 8.97. The first-order valence-electron chi connectivity index (χ1n) is 8.16. The van der Waals surface area contributed by atoms with E-state index >= 15 is 0 Å². The molecule has 0 saturated heterocycles. The Morgan fingerprint density at radius 2 is 1.88 bits per heavy atom. The summed E-state index contributed by atoms with van der Waals surface area (Å²) in [5.41, 5.74) is 4.94. The molecular formula is C20H20N2O2S. The molecule has 1 aromatic heterocycles. The van der Waals surface area contributed by atoms with Gasteiger partial charge in [0.2, 0.25) is 0 Å². The monoisotopic (exact) mass is 352 g/mol. The predicted molar refractivity (Wildman–Crippen MR) is 103 cm³/mol. The van der Waals surface area contributed by atoms with Crippen LogP contribution in [0.5, 0.6) is 0 Å². The third-order valence-corrected chi connectivity index (χ3v) is 4.84. The van der Waals surface area contributed by atoms with E-state index in [1.807, 2.05) is 36.4 Å². The number of hydrogen-bond acceptors (Lipinski definition) is 5. The molecule has 0 spiro atoms. The van der Waals surface area contributed by atoms with Crippen LogP contribution in [0.4, 0.5) is 10.8 Å². The van der Waals surface area contributed by atoms with Gasteiger partial charge in [-0.15, -0.1) is 0 Å². The molecule has 3 rings (SSSR count). The molecule has 0 unspecified atom stereocenters. The number of aromatic nitrogens is 1. The number of carbonyl (C=O) groups excluding carboxylic acids is 1. The third-order valence-electron chi connectivity index (χ3n) is 3.89. The summed E-state index contributed by atoms with van der Waals surface area (Å²) in [5, 5.41) is 3.97. The highest BCUT2D eigenvalue weighted by atomic mass is 32.1. The molecule has 0 bridgehead atoms. The van der Waals surface area contributed by atoms with E-state index in [1.54, 1.807) is 6.92 Å². The predicted octanol–water partition coefficient (Wildman–Crippen LogP) is 5.35. The van der Waals surface area contributed by atoms with Gasteiger partial charge in [-0.3, -0.25) is 0 Å². The molecule has 0 aliphatic heterocycles. The van der Waals surface area contributed by atoms with Gasteiger partial charge in [0.1, 0.15) is 4.88 Å². The number of nitrogens with zero attached hydrogens (tertiary/aromatic N) is 1. The van der Waals surface area contributed by atoms with Crippen LogP contribution in [0, 0.1) is 13.8 Å². The van der Waals surface area contributed by atoms with E-state index < -0.39 is 0 Å². The summed E-state index contributed by atoms with van der Waals surface area (Å²) in [5.74, 6) is -0.341. The van der Waals surface area contributed by atoms with Crippen LogP contribution in [0.25, 0.3) is 11.3 Å². The molecular weight excluding hydrogens is 332 g/mol. The number of nitrogens with one attached hydrogen (secondary N) is 1. The van der Waals surface area contributed by atoms with Gasteiger partial charge in [-0.05, 0) is 44.0 Å². The summed E-state index contributed by atoms with van der Waals surface area (Å²) in [6, 6.07) is 15.8. The van der Waals surface area contributed by atoms with Gasteiger partial charge in [-0.25, -0.2) is 9.78 Å². The molecule has 0 aliphatic carbocycles. The molecule has 0 fully saturated rings. The first-order chi connectivity index (χ1) is 12.1. The highest BCUT2D eigenvalue weighted by Gasteiger charge is 2.20. The van der Waals surface area contributed by atoms with E-state index in [9.17, 15) is 4.79 Å². The van der Waals surface area contributed by atoms with Crippen molar-refractivity contribution in [3.8, 4) is 11.3 Å². The van der Waals surface area contributed by atoms with Crippen molar-refractivity contribution in [2.45, 2.75) is 20.8 Å². The zero-order chi connectivity index (χ0) is 17.8. The summed E-state index contributed by atoms with van der Waals surface area (Å²) >= 11 is 1.31. The Morgan fingerprint density at radius 1 is 1.12 bits per heavy atom. The van der Waals surface area contributed by atoms with Crippen molar-refractivity contribution in [3.05, 3.63) is 64.5 Å². The molecule has 0 aliphatic rings. The van der Waals surface area contributed by atoms with Crippen molar-refractivity contribution < 1.29 is 9.53 Å². The largest absolute Gasteiger partial charge is 0.462 e. The number of thiazole rings is 1. The van der Waals surface area contributed by atoms with Crippen molar-refractivity contribution in [2.75, 3.05) is 11.9 Å². The maximum Gasteiger partial charge on any atom is 0.350 e. The highest BCUT2D eigenvalue weighted by molar-refractivity contribution is 7.18. The molecule has 2 aromatic carbocycles. The molecule has 5 heteroatoms. The Bertz CT molecular complexity index is 888. The molecule has 25 heavy (non-hydrogen) atoms. The summed E-state index contributed by atoms with van der Waals surface area (Å²) in [6.45, 7) is 6.29. The number of carbonyl (C=O) groups is 1. The van der Waals surface area contributed by atoms with Crippen LogP contribution in [-0.2, 0) is 4.74 Å². The van der Waals surface area contributed by atoms with Crippen LogP contribution < -0.4 is 5.32 Å². The van der Waals surface area contributed by atoms with E-state index in [0.29, 0.717) is 22.3 Å². The Morgan fingerprint density at radius 3 is 2.56 bits per heavy atom. The Balaban J connectivity index is 1.97. The number of rotatable bonds is 5. The van der Waals surface area contributed by atoms with Crippen molar-refractivity contribution in [2.24, 2.45) is 0 Å². The van der Waals surface area contributed by atoms with Gasteiger partial charge in [0.25, 0.3) is 0 Å². The summed E-state index contributed by atoms with van der Waals surface area (Å²) < 4.78 is 5.19. The van der Waals surface area contributed by atoms with Gasteiger partial charge >= 0.3 is 5.97 Å². The van der Waals surface area contributed by atoms with Crippen molar-refractivity contribution in [1.82, 2.24) is 4.98 Å². The minimum Gasteiger partial charge on any atom is -0.462 e. The summed E-state index contributed by atoms with van der Waals surface area (Å²) in [4.78, 5) is 17.5. The Hall–Kier alpha value is -2.66. The van der Waals surface area contributed by atoms with Gasteiger partial charge in [0.15, 0.2) is 5.13 Å². The number of benzene rings is 2. The fourth-order valence-electron chi connectivity index (χ4n) is 2.44. The van der Waals surface area contributed by atoms with E-state index in [4.69, 9.17) is 4.74 Å². The molecule has 4 nitrogen and oxygen atoms in total. The SMILES string of the molecule is CCOC(=O)c1sc(Nc2ccc(C)c(C)c2)nc1-c1ccccc1. The molecule has 0 amide bonds. The third kappa shape index (κ3) is 3.88. The second-order valence-corrected chi connectivity index (χ2v) is 6.71. The second kappa shape index (κ2) is 7.49. The fraction of sp³-hybridized carbons (Fsp3) is 0.200. The average molecular weight is 352 g/mol. The quantitative estimate of drug-likeness (QED) is 0.629. The first kappa shape index (κ1) is 17.2. The smallest absolute Gasteiger partial charge is 0.350 e. The van der Waals surface area contributed by atoms with Crippen LogP contribution in [-0.4, -0.2) is 17.6 Å². The lowest BCUT2D eigenvalue weighted by atomic mass is 10.1. The standard InChI is InChI=1S/C20H20N2O2S/c1-4-24-19(23)18-17(15-8-6-5-7-9-15)22-20(25-18)21-16-11-10-13(2)14(3)12-16/h5-12H,4H2,1-3H3,(H,21,22). The van der Waals surface area contributed by atoms with Crippen LogP contribution in [0.3, 0.4) is 0 Å². The van der Waals surface area contributed by atoms with Gasteiger partial charge in [0.05, 0.1) is 12.3 Å². The number of ether oxygens (including phenoxy) is 1. The lowest BCUT2D eigenvalue weighted by Crippen LogP contribution is -2.03. The normalized spacial score (nSPS) is 10.5. The van der Waals surface area contributed by atoms with Crippen LogP contribution >= 0.6 is 11.3 Å². The molecule has 1 N–H and O–H groups in total. The van der Waals surface area contributed by atoms with Gasteiger partial charge in [0, 0.05) is 11.3 Å². The highest BCUT2D eigenvalue weighted by Crippen LogP contribution is 2.33. The molecule has 0 atom stereocenters. The van der Waals surface area contributed by atoms with E-state index in [-0.39, 0.29) is 5.97 Å². The van der Waals surface area contributed by atoms with Gasteiger partial charge in [-0.1, -0.05) is 47.7 Å². The fourth-order valence-corrected chi connectivity index (χ4v) is 3.34. The van der Waals surface area contributed by atoms with Crippen LogP contribution in [0.1, 0.15) is 27.7 Å². The van der Waals surface area contributed by atoms with Gasteiger partial charge in [-0.2, -0.15) is 0 Å². The lowest BCUT2D eigenvalue weighted by molar-refractivity contribution is 0.0532. The Labute approximate surface area is 151 Å². The molecule has 128 valence electrons. The van der Waals surface area contributed by atoms with E-state index in [1.165, 1.54) is 22.5 Å². The maximum atomic E-state index is 12.3. The maximum absolute atomic E-state index is 12.3. The lowest BCUT2D eigenvalue weighted by Gasteiger charge is -2.05. The average Bonchev–Trinajstić information content (AvgIpc) is 3.03. The van der Waals surface area contributed by atoms with Crippen molar-refractivity contribution >= 4 is 28.1 Å². The van der Waals surface area contributed by atoms with E-state index in [0.717, 1.165) is 11.3 Å². The number of hydrogen-bond donors (Lipinski definition) is 1. The topological polar surface area (TPSA) is 51.2 Å². The molecule has 0 saturated carbocycles. The van der Waals surface area contributed by atoms with Crippen molar-refractivity contribution in [3.63, 3.8) is 0 Å². The van der Waals surface area contributed by atoms with Crippen molar-refractivity contribution in [1.29, 1.82) is 0 Å². The minimum absolute atomic E-state index is 0.338. The molecule has 1 heterocycles.